The van der Waals surface area contributed by atoms with Crippen LogP contribution in [0.15, 0.2) is 22.7 Å². The molecule has 0 spiro atoms. The zero-order chi connectivity index (χ0) is 16.4. The monoisotopic (exact) mass is 373 g/mol. The van der Waals surface area contributed by atoms with Crippen LogP contribution < -0.4 is 10.1 Å². The molecule has 22 heavy (non-hydrogen) atoms. The van der Waals surface area contributed by atoms with Crippen LogP contribution >= 0.6 is 15.9 Å². The van der Waals surface area contributed by atoms with Gasteiger partial charge in [-0.3, -0.25) is 9.48 Å². The highest BCUT2D eigenvalue weighted by atomic mass is 79.9. The Hall–Kier alpha value is -1.96. The molecule has 0 fully saturated rings. The minimum atomic E-state index is -3.01. The second-order valence-electron chi connectivity index (χ2n) is 4.64. The van der Waals surface area contributed by atoms with Gasteiger partial charge in [-0.25, -0.2) is 0 Å². The molecule has 2 aromatic rings. The number of carbonyl (C=O) groups excluding carboxylic acids is 1. The van der Waals surface area contributed by atoms with E-state index in [9.17, 15) is 13.6 Å². The van der Waals surface area contributed by atoms with Crippen LogP contribution in [0.5, 0.6) is 5.75 Å². The highest BCUT2D eigenvalue weighted by molar-refractivity contribution is 9.10. The van der Waals surface area contributed by atoms with Gasteiger partial charge in [0.25, 0.3) is 5.91 Å². The van der Waals surface area contributed by atoms with Gasteiger partial charge in [-0.05, 0) is 32.0 Å². The number of hydrogen-bond acceptors (Lipinski definition) is 3. The van der Waals surface area contributed by atoms with Gasteiger partial charge < -0.3 is 10.1 Å². The third-order valence-electron chi connectivity index (χ3n) is 3.15. The number of ether oxygens (including phenoxy) is 1. The zero-order valence-electron chi connectivity index (χ0n) is 12.2. The fourth-order valence-electron chi connectivity index (χ4n) is 2.01. The van der Waals surface area contributed by atoms with E-state index in [2.05, 4.69) is 31.1 Å². The van der Waals surface area contributed by atoms with Crippen molar-refractivity contribution in [3.8, 4) is 5.75 Å². The molecule has 2 rings (SSSR count). The number of nitrogens with zero attached hydrogens (tertiary/aromatic N) is 2. The standard InChI is InChI=1S/C14H14BrF2N3O2/c1-7-12(8(2)20(3)19-7)18-13(21)10-6-9(15)4-5-11(10)22-14(16)17/h4-6,14H,1-3H3,(H,18,21). The maximum atomic E-state index is 12.4. The van der Waals surface area contributed by atoms with Crippen LogP contribution in [0.1, 0.15) is 21.7 Å². The number of benzene rings is 1. The Balaban J connectivity index is 2.34. The van der Waals surface area contributed by atoms with Crippen LogP contribution in [0.3, 0.4) is 0 Å². The summed E-state index contributed by atoms with van der Waals surface area (Å²) in [6.45, 7) is 0.544. The summed E-state index contributed by atoms with van der Waals surface area (Å²) in [7, 11) is 1.75. The van der Waals surface area contributed by atoms with Crippen molar-refractivity contribution in [2.75, 3.05) is 5.32 Å². The molecule has 0 saturated heterocycles. The predicted octanol–water partition coefficient (Wildman–Crippen LogP) is 3.65. The number of carbonyl (C=O) groups is 1. The average molecular weight is 374 g/mol. The summed E-state index contributed by atoms with van der Waals surface area (Å²) in [5.74, 6) is -0.731. The third-order valence-corrected chi connectivity index (χ3v) is 3.64. The minimum absolute atomic E-state index is 0.0114. The third kappa shape index (κ3) is 3.44. The molecule has 1 amide bonds. The normalized spacial score (nSPS) is 10.9. The van der Waals surface area contributed by atoms with E-state index in [1.165, 1.54) is 18.2 Å². The Bertz CT molecular complexity index is 716. The highest BCUT2D eigenvalue weighted by Gasteiger charge is 2.19. The molecule has 8 heteroatoms. The van der Waals surface area contributed by atoms with Gasteiger partial charge >= 0.3 is 6.61 Å². The topological polar surface area (TPSA) is 56.2 Å². The molecule has 0 saturated carbocycles. The molecule has 1 aromatic heterocycles. The molecule has 1 heterocycles. The maximum Gasteiger partial charge on any atom is 0.387 e. The van der Waals surface area contributed by atoms with Crippen molar-refractivity contribution in [3.05, 3.63) is 39.6 Å². The molecule has 1 aromatic carbocycles. The van der Waals surface area contributed by atoms with Crippen molar-refractivity contribution in [1.82, 2.24) is 9.78 Å². The van der Waals surface area contributed by atoms with Crippen molar-refractivity contribution in [2.45, 2.75) is 20.5 Å². The summed E-state index contributed by atoms with van der Waals surface area (Å²) in [4.78, 5) is 12.4. The van der Waals surface area contributed by atoms with Gasteiger partial charge in [0.15, 0.2) is 0 Å². The summed E-state index contributed by atoms with van der Waals surface area (Å²) in [6, 6.07) is 4.26. The molecule has 0 atom stereocenters. The summed E-state index contributed by atoms with van der Waals surface area (Å²) in [6.07, 6.45) is 0. The molecule has 118 valence electrons. The van der Waals surface area contributed by atoms with Gasteiger partial charge in [0, 0.05) is 11.5 Å². The van der Waals surface area contributed by atoms with Gasteiger partial charge in [0.1, 0.15) is 5.75 Å². The van der Waals surface area contributed by atoms with Crippen molar-refractivity contribution in [2.24, 2.45) is 7.05 Å². The first-order chi connectivity index (χ1) is 10.3. The van der Waals surface area contributed by atoms with Crippen LogP contribution in [-0.4, -0.2) is 22.3 Å². The predicted molar refractivity (Wildman–Crippen MR) is 81.4 cm³/mol. The van der Waals surface area contributed by atoms with Crippen molar-refractivity contribution >= 4 is 27.5 Å². The molecule has 0 unspecified atom stereocenters. The quantitative estimate of drug-likeness (QED) is 0.889. The summed E-state index contributed by atoms with van der Waals surface area (Å²) in [5, 5.41) is 6.88. The molecule has 5 nitrogen and oxygen atoms in total. The Labute approximate surface area is 134 Å². The van der Waals surface area contributed by atoms with E-state index in [4.69, 9.17) is 0 Å². The van der Waals surface area contributed by atoms with Gasteiger partial charge in [0.2, 0.25) is 0 Å². The molecule has 1 N–H and O–H groups in total. The first-order valence-corrected chi connectivity index (χ1v) is 7.14. The van der Waals surface area contributed by atoms with Crippen molar-refractivity contribution in [3.63, 3.8) is 0 Å². The van der Waals surface area contributed by atoms with Gasteiger partial charge in [-0.2, -0.15) is 13.9 Å². The van der Waals surface area contributed by atoms with Crippen LogP contribution in [-0.2, 0) is 7.05 Å². The lowest BCUT2D eigenvalue weighted by Crippen LogP contribution is -2.16. The van der Waals surface area contributed by atoms with E-state index in [-0.39, 0.29) is 11.3 Å². The average Bonchev–Trinajstić information content (AvgIpc) is 2.67. The first kappa shape index (κ1) is 16.4. The molecule has 0 aliphatic carbocycles. The number of anilines is 1. The number of rotatable bonds is 4. The Morgan fingerprint density at radius 1 is 1.41 bits per heavy atom. The maximum absolute atomic E-state index is 12.4. The molecule has 0 aliphatic rings. The smallest absolute Gasteiger partial charge is 0.387 e. The Kier molecular flexibility index (Phi) is 4.80. The number of aryl methyl sites for hydroxylation is 2. The number of halogens is 3. The summed E-state index contributed by atoms with van der Waals surface area (Å²) in [5.41, 5.74) is 1.96. The second kappa shape index (κ2) is 6.43. The number of amides is 1. The number of hydrogen-bond donors (Lipinski definition) is 1. The first-order valence-electron chi connectivity index (χ1n) is 6.35. The van der Waals surface area contributed by atoms with Crippen molar-refractivity contribution in [1.29, 1.82) is 0 Å². The summed E-state index contributed by atoms with van der Waals surface area (Å²) >= 11 is 3.21. The number of alkyl halides is 2. The molecule has 0 radical (unpaired) electrons. The van der Waals surface area contributed by atoms with Gasteiger partial charge in [0.05, 0.1) is 22.6 Å². The summed E-state index contributed by atoms with van der Waals surface area (Å²) < 4.78 is 31.5. The lowest BCUT2D eigenvalue weighted by molar-refractivity contribution is -0.0501. The van der Waals surface area contributed by atoms with Gasteiger partial charge in [-0.15, -0.1) is 0 Å². The molecular weight excluding hydrogens is 360 g/mol. The minimum Gasteiger partial charge on any atom is -0.434 e. The lowest BCUT2D eigenvalue weighted by atomic mass is 10.1. The Morgan fingerprint density at radius 2 is 2.09 bits per heavy atom. The fourth-order valence-corrected chi connectivity index (χ4v) is 2.37. The van der Waals surface area contributed by atoms with Crippen molar-refractivity contribution < 1.29 is 18.3 Å². The Morgan fingerprint density at radius 3 is 2.64 bits per heavy atom. The van der Waals surface area contributed by atoms with E-state index in [0.29, 0.717) is 15.9 Å². The molecule has 0 aliphatic heterocycles. The number of aromatic nitrogens is 2. The van der Waals surface area contributed by atoms with E-state index in [0.717, 1.165) is 5.69 Å². The van der Waals surface area contributed by atoms with Gasteiger partial charge in [-0.1, -0.05) is 15.9 Å². The highest BCUT2D eigenvalue weighted by Crippen LogP contribution is 2.27. The molecule has 0 bridgehead atoms. The molecular formula is C14H14BrF2N3O2. The van der Waals surface area contributed by atoms with E-state index >= 15 is 0 Å². The van der Waals surface area contributed by atoms with Crippen LogP contribution in [0.2, 0.25) is 0 Å². The second-order valence-corrected chi connectivity index (χ2v) is 5.56. The van der Waals surface area contributed by atoms with E-state index < -0.39 is 12.5 Å². The SMILES string of the molecule is Cc1nn(C)c(C)c1NC(=O)c1cc(Br)ccc1OC(F)F. The van der Waals surface area contributed by atoms with Crippen LogP contribution in [0, 0.1) is 13.8 Å². The lowest BCUT2D eigenvalue weighted by Gasteiger charge is -2.11. The fraction of sp³-hybridized carbons (Fsp3) is 0.286. The van der Waals surface area contributed by atoms with E-state index in [1.807, 2.05) is 0 Å². The van der Waals surface area contributed by atoms with Crippen LogP contribution in [0.4, 0.5) is 14.5 Å². The largest absolute Gasteiger partial charge is 0.434 e. The number of nitrogens with one attached hydrogen (secondary N) is 1. The van der Waals surface area contributed by atoms with E-state index in [1.54, 1.807) is 25.6 Å². The van der Waals surface area contributed by atoms with Crippen LogP contribution in [0.25, 0.3) is 0 Å². The zero-order valence-corrected chi connectivity index (χ0v) is 13.7.